The highest BCUT2D eigenvalue weighted by Crippen LogP contribution is 2.19. The monoisotopic (exact) mass is 362 g/mol. The Labute approximate surface area is 146 Å². The molecule has 12 nitrogen and oxygen atoms in total. The molecule has 25 heavy (non-hydrogen) atoms. The molecule has 0 bridgehead atoms. The molecule has 0 saturated carbocycles. The van der Waals surface area contributed by atoms with Crippen LogP contribution in [0.1, 0.15) is 0 Å². The molecule has 0 fully saturated rings. The van der Waals surface area contributed by atoms with Gasteiger partial charge in [-0.25, -0.2) is 0 Å². The molecule has 2 N–H and O–H groups in total. The van der Waals surface area contributed by atoms with Crippen molar-refractivity contribution in [1.29, 1.82) is 0 Å². The van der Waals surface area contributed by atoms with Gasteiger partial charge >= 0.3 is 0 Å². The van der Waals surface area contributed by atoms with Gasteiger partial charge in [-0.1, -0.05) is 0 Å². The van der Waals surface area contributed by atoms with Crippen molar-refractivity contribution in [3.8, 4) is 0 Å². The normalized spacial score (nSPS) is 10.8. The number of hydrogen-bond acceptors (Lipinski definition) is 12. The van der Waals surface area contributed by atoms with Crippen LogP contribution >= 0.6 is 0 Å². The second-order valence-electron chi connectivity index (χ2n) is 4.81. The van der Waals surface area contributed by atoms with E-state index in [-0.39, 0.29) is 58.2 Å². The average Bonchev–Trinajstić information content (AvgIpc) is 2.63. The molecule has 0 saturated heterocycles. The van der Waals surface area contributed by atoms with Crippen molar-refractivity contribution in [3.63, 3.8) is 0 Å². The molecule has 144 valence electrons. The van der Waals surface area contributed by atoms with Crippen molar-refractivity contribution in [2.45, 2.75) is 0 Å². The molecule has 12 heteroatoms. The third-order valence-electron chi connectivity index (χ3n) is 2.93. The second kappa shape index (κ2) is 11.7. The topological polar surface area (TPSA) is 126 Å². The molecule has 0 radical (unpaired) electrons. The summed E-state index contributed by atoms with van der Waals surface area (Å²) < 4.78 is 20.3. The van der Waals surface area contributed by atoms with Crippen LogP contribution in [0.25, 0.3) is 0 Å². The van der Waals surface area contributed by atoms with E-state index in [0.29, 0.717) is 0 Å². The number of hydrogen-bond donors (Lipinski definition) is 2. The van der Waals surface area contributed by atoms with Crippen LogP contribution in [0.2, 0.25) is 0 Å². The number of ether oxygens (including phenoxy) is 4. The van der Waals surface area contributed by atoms with E-state index in [0.717, 1.165) is 0 Å². The van der Waals surface area contributed by atoms with Crippen molar-refractivity contribution in [2.24, 2.45) is 0 Å². The fraction of sp³-hybridized carbons (Fsp3) is 0.769. The summed E-state index contributed by atoms with van der Waals surface area (Å²) in [5, 5.41) is 19.1. The van der Waals surface area contributed by atoms with E-state index in [9.17, 15) is 10.2 Å². The van der Waals surface area contributed by atoms with Gasteiger partial charge in [-0.05, 0) is 0 Å². The van der Waals surface area contributed by atoms with E-state index in [1.807, 2.05) is 0 Å². The minimum Gasteiger partial charge on any atom is -0.376 e. The first-order valence-corrected chi connectivity index (χ1v) is 7.33. The SMILES string of the molecule is COCN(CO)c1nc(N(CO)COC)nc(N(COC)COC)n1. The van der Waals surface area contributed by atoms with Gasteiger partial charge in [-0.3, -0.25) is 14.7 Å². The van der Waals surface area contributed by atoms with Crippen LogP contribution in [-0.4, -0.2) is 94.0 Å². The number of aliphatic hydroxyl groups is 2. The summed E-state index contributed by atoms with van der Waals surface area (Å²) in [5.41, 5.74) is 0. The van der Waals surface area contributed by atoms with Crippen LogP contribution in [0.15, 0.2) is 0 Å². The van der Waals surface area contributed by atoms with Crippen LogP contribution in [0, 0.1) is 0 Å². The van der Waals surface area contributed by atoms with Crippen molar-refractivity contribution < 1.29 is 29.2 Å². The summed E-state index contributed by atoms with van der Waals surface area (Å²) in [4.78, 5) is 17.3. The standard InChI is InChI=1S/C13H26N6O6/c1-22-7-17(5-20)11-14-12(18(6-21)8-23-2)16-13(15-11)19(9-24-3)10-25-4/h20-21H,5-10H2,1-4H3. The zero-order valence-electron chi connectivity index (χ0n) is 15.0. The molecule has 0 aliphatic rings. The van der Waals surface area contributed by atoms with Gasteiger partial charge in [0.15, 0.2) is 0 Å². The van der Waals surface area contributed by atoms with Gasteiger partial charge in [-0.15, -0.1) is 0 Å². The molecular formula is C13H26N6O6. The van der Waals surface area contributed by atoms with Crippen molar-refractivity contribution in [1.82, 2.24) is 15.0 Å². The highest BCUT2D eigenvalue weighted by atomic mass is 16.5. The lowest BCUT2D eigenvalue weighted by atomic mass is 10.6. The Morgan fingerprint density at radius 2 is 0.880 bits per heavy atom. The van der Waals surface area contributed by atoms with Gasteiger partial charge in [0.25, 0.3) is 0 Å². The molecule has 0 aromatic carbocycles. The summed E-state index contributed by atoms with van der Waals surface area (Å²) in [6, 6.07) is 0. The number of aliphatic hydroxyl groups excluding tert-OH is 2. The zero-order chi connectivity index (χ0) is 18.7. The lowest BCUT2D eigenvalue weighted by molar-refractivity contribution is 0.138. The first kappa shape index (κ1) is 21.2. The fourth-order valence-electron chi connectivity index (χ4n) is 1.87. The van der Waals surface area contributed by atoms with E-state index in [1.54, 1.807) is 4.90 Å². The van der Waals surface area contributed by atoms with Crippen LogP contribution in [-0.2, 0) is 18.9 Å². The van der Waals surface area contributed by atoms with Crippen LogP contribution in [0.3, 0.4) is 0 Å². The Kier molecular flexibility index (Phi) is 9.91. The molecule has 0 amide bonds. The molecule has 1 heterocycles. The minimum atomic E-state index is -0.366. The molecule has 1 aromatic heterocycles. The van der Waals surface area contributed by atoms with E-state index in [2.05, 4.69) is 15.0 Å². The highest BCUT2D eigenvalue weighted by Gasteiger charge is 2.20. The Morgan fingerprint density at radius 3 is 1.16 bits per heavy atom. The fourth-order valence-corrected chi connectivity index (χ4v) is 1.87. The molecule has 0 spiro atoms. The summed E-state index contributed by atoms with van der Waals surface area (Å²) in [6.45, 7) is -0.259. The summed E-state index contributed by atoms with van der Waals surface area (Å²) in [6.07, 6.45) is 0. The largest absolute Gasteiger partial charge is 0.376 e. The maximum Gasteiger partial charge on any atom is 0.235 e. The molecule has 1 aromatic rings. The lowest BCUT2D eigenvalue weighted by Crippen LogP contribution is -2.35. The Hall–Kier alpha value is -1.83. The second-order valence-corrected chi connectivity index (χ2v) is 4.81. The predicted octanol–water partition coefficient (Wildman–Crippen LogP) is -1.39. The number of nitrogens with zero attached hydrogens (tertiary/aromatic N) is 6. The zero-order valence-corrected chi connectivity index (χ0v) is 15.0. The third kappa shape index (κ3) is 6.19. The first-order valence-electron chi connectivity index (χ1n) is 7.33. The molecule has 0 atom stereocenters. The number of methoxy groups -OCH3 is 4. The molecule has 1 rings (SSSR count). The van der Waals surface area contributed by atoms with Gasteiger partial charge < -0.3 is 29.2 Å². The number of aromatic nitrogens is 3. The van der Waals surface area contributed by atoms with E-state index in [1.165, 1.54) is 38.2 Å². The Bertz CT molecular complexity index is 458. The summed E-state index contributed by atoms with van der Waals surface area (Å²) >= 11 is 0. The number of anilines is 3. The van der Waals surface area contributed by atoms with Gasteiger partial charge in [0.1, 0.15) is 40.4 Å². The summed E-state index contributed by atoms with van der Waals surface area (Å²) in [7, 11) is 6.03. The third-order valence-corrected chi connectivity index (χ3v) is 2.93. The van der Waals surface area contributed by atoms with Gasteiger partial charge in [0, 0.05) is 28.4 Å². The first-order chi connectivity index (χ1) is 12.1. The van der Waals surface area contributed by atoms with Crippen molar-refractivity contribution >= 4 is 17.8 Å². The smallest absolute Gasteiger partial charge is 0.235 e. The summed E-state index contributed by atoms with van der Waals surface area (Å²) in [5.74, 6) is 0.569. The van der Waals surface area contributed by atoms with Gasteiger partial charge in [0.05, 0.1) is 0 Å². The van der Waals surface area contributed by atoms with E-state index in [4.69, 9.17) is 18.9 Å². The molecule has 0 unspecified atom stereocenters. The average molecular weight is 362 g/mol. The Morgan fingerprint density at radius 1 is 0.600 bits per heavy atom. The molecule has 0 aliphatic heterocycles. The van der Waals surface area contributed by atoms with Gasteiger partial charge in [0.2, 0.25) is 17.8 Å². The van der Waals surface area contributed by atoms with Crippen LogP contribution < -0.4 is 14.7 Å². The molecule has 0 aliphatic carbocycles. The highest BCUT2D eigenvalue weighted by molar-refractivity contribution is 5.45. The van der Waals surface area contributed by atoms with Crippen molar-refractivity contribution in [3.05, 3.63) is 0 Å². The van der Waals surface area contributed by atoms with Crippen molar-refractivity contribution in [2.75, 3.05) is 83.5 Å². The maximum atomic E-state index is 9.53. The Balaban J connectivity index is 3.33. The van der Waals surface area contributed by atoms with Crippen LogP contribution in [0.5, 0.6) is 0 Å². The van der Waals surface area contributed by atoms with Gasteiger partial charge in [-0.2, -0.15) is 15.0 Å². The minimum absolute atomic E-state index is 0.0668. The van der Waals surface area contributed by atoms with Crippen LogP contribution in [0.4, 0.5) is 17.8 Å². The van der Waals surface area contributed by atoms with E-state index < -0.39 is 0 Å². The number of rotatable bonds is 13. The predicted molar refractivity (Wildman–Crippen MR) is 88.9 cm³/mol. The maximum absolute atomic E-state index is 9.53. The lowest BCUT2D eigenvalue weighted by Gasteiger charge is -2.26. The van der Waals surface area contributed by atoms with E-state index >= 15 is 0 Å². The molecular weight excluding hydrogens is 336 g/mol. The quantitative estimate of drug-likeness (QED) is 0.401.